The summed E-state index contributed by atoms with van der Waals surface area (Å²) in [5.74, 6) is 0.907. The van der Waals surface area contributed by atoms with Crippen molar-refractivity contribution in [2.75, 3.05) is 6.54 Å². The second kappa shape index (κ2) is 4.89. The second-order valence-electron chi connectivity index (χ2n) is 4.28. The molecule has 0 aliphatic heterocycles. The van der Waals surface area contributed by atoms with Crippen LogP contribution in [0.25, 0.3) is 0 Å². The average Bonchev–Trinajstić information content (AvgIpc) is 2.59. The standard InChI is InChI=1S/C10H17N5/c1-10(2,7-11)4-5-12-6-9-14-13-8-15(9)3/h8,12H,4-6H2,1-3H3. The minimum atomic E-state index is -0.257. The fourth-order valence-corrected chi connectivity index (χ4v) is 1.12. The monoisotopic (exact) mass is 207 g/mol. The molecule has 0 bridgehead atoms. The summed E-state index contributed by atoms with van der Waals surface area (Å²) in [6.45, 7) is 5.39. The number of rotatable bonds is 5. The second-order valence-corrected chi connectivity index (χ2v) is 4.28. The summed E-state index contributed by atoms with van der Waals surface area (Å²) < 4.78 is 1.88. The van der Waals surface area contributed by atoms with Gasteiger partial charge in [0.05, 0.1) is 18.0 Å². The minimum absolute atomic E-state index is 0.257. The molecular formula is C10H17N5. The van der Waals surface area contributed by atoms with Gasteiger partial charge < -0.3 is 9.88 Å². The Labute approximate surface area is 90.1 Å². The number of aryl methyl sites for hydroxylation is 1. The van der Waals surface area contributed by atoms with Crippen molar-refractivity contribution in [2.45, 2.75) is 26.8 Å². The summed E-state index contributed by atoms with van der Waals surface area (Å²) in [6, 6.07) is 2.27. The molecule has 0 aliphatic rings. The number of nitriles is 1. The van der Waals surface area contributed by atoms with Crippen molar-refractivity contribution in [3.8, 4) is 6.07 Å². The third-order valence-electron chi connectivity index (χ3n) is 2.32. The highest BCUT2D eigenvalue weighted by Gasteiger charge is 2.15. The predicted molar refractivity (Wildman–Crippen MR) is 56.7 cm³/mol. The highest BCUT2D eigenvalue weighted by Crippen LogP contribution is 2.17. The summed E-state index contributed by atoms with van der Waals surface area (Å²) >= 11 is 0. The first-order valence-corrected chi connectivity index (χ1v) is 5.00. The van der Waals surface area contributed by atoms with Crippen molar-refractivity contribution in [1.29, 1.82) is 5.26 Å². The van der Waals surface area contributed by atoms with Crippen LogP contribution in [0.15, 0.2) is 6.33 Å². The first-order valence-electron chi connectivity index (χ1n) is 5.00. The van der Waals surface area contributed by atoms with E-state index in [1.165, 1.54) is 0 Å². The molecule has 0 radical (unpaired) electrons. The van der Waals surface area contributed by atoms with Gasteiger partial charge in [0.2, 0.25) is 0 Å². The van der Waals surface area contributed by atoms with Gasteiger partial charge in [-0.15, -0.1) is 10.2 Å². The molecule has 0 aromatic carbocycles. The van der Waals surface area contributed by atoms with E-state index in [-0.39, 0.29) is 5.41 Å². The van der Waals surface area contributed by atoms with Crippen LogP contribution in [0.5, 0.6) is 0 Å². The lowest BCUT2D eigenvalue weighted by atomic mass is 9.91. The summed E-state index contributed by atoms with van der Waals surface area (Å²) in [5.41, 5.74) is -0.257. The number of hydrogen-bond donors (Lipinski definition) is 1. The number of aromatic nitrogens is 3. The molecule has 15 heavy (non-hydrogen) atoms. The Balaban J connectivity index is 2.24. The number of nitrogens with zero attached hydrogens (tertiary/aromatic N) is 4. The van der Waals surface area contributed by atoms with Crippen LogP contribution in [-0.4, -0.2) is 21.3 Å². The van der Waals surface area contributed by atoms with Crippen molar-refractivity contribution in [2.24, 2.45) is 12.5 Å². The van der Waals surface area contributed by atoms with E-state index in [0.29, 0.717) is 6.54 Å². The average molecular weight is 207 g/mol. The zero-order valence-corrected chi connectivity index (χ0v) is 9.49. The first-order chi connectivity index (χ1) is 7.05. The zero-order valence-electron chi connectivity index (χ0n) is 9.49. The quantitative estimate of drug-likeness (QED) is 0.727. The fraction of sp³-hybridized carbons (Fsp3) is 0.700. The van der Waals surface area contributed by atoms with Gasteiger partial charge in [-0.2, -0.15) is 5.26 Å². The molecule has 0 unspecified atom stereocenters. The van der Waals surface area contributed by atoms with Crippen LogP contribution in [0.1, 0.15) is 26.1 Å². The van der Waals surface area contributed by atoms with Gasteiger partial charge in [-0.25, -0.2) is 0 Å². The minimum Gasteiger partial charge on any atom is -0.320 e. The van der Waals surface area contributed by atoms with Crippen LogP contribution in [0.3, 0.4) is 0 Å². The first kappa shape index (κ1) is 11.7. The lowest BCUT2D eigenvalue weighted by molar-refractivity contribution is 0.429. The maximum absolute atomic E-state index is 8.82. The lowest BCUT2D eigenvalue weighted by Gasteiger charge is -2.14. The van der Waals surface area contributed by atoms with Crippen molar-refractivity contribution >= 4 is 0 Å². The molecule has 1 aromatic rings. The molecule has 0 amide bonds. The Morgan fingerprint density at radius 3 is 2.87 bits per heavy atom. The van der Waals surface area contributed by atoms with Crippen LogP contribution < -0.4 is 5.32 Å². The van der Waals surface area contributed by atoms with E-state index in [9.17, 15) is 0 Å². The van der Waals surface area contributed by atoms with Gasteiger partial charge in [-0.1, -0.05) is 0 Å². The smallest absolute Gasteiger partial charge is 0.146 e. The molecule has 1 aromatic heterocycles. The van der Waals surface area contributed by atoms with E-state index in [4.69, 9.17) is 5.26 Å². The molecule has 1 rings (SSSR count). The Kier molecular flexibility index (Phi) is 3.81. The van der Waals surface area contributed by atoms with E-state index in [1.54, 1.807) is 6.33 Å². The molecule has 1 heterocycles. The van der Waals surface area contributed by atoms with Crippen LogP contribution in [-0.2, 0) is 13.6 Å². The maximum Gasteiger partial charge on any atom is 0.146 e. The Bertz CT molecular complexity index is 347. The molecular weight excluding hydrogens is 190 g/mol. The van der Waals surface area contributed by atoms with E-state index in [1.807, 2.05) is 25.5 Å². The molecule has 82 valence electrons. The fourth-order valence-electron chi connectivity index (χ4n) is 1.12. The Morgan fingerprint density at radius 2 is 2.33 bits per heavy atom. The Hall–Kier alpha value is -1.41. The van der Waals surface area contributed by atoms with Crippen LogP contribution >= 0.6 is 0 Å². The van der Waals surface area contributed by atoms with Gasteiger partial charge in [-0.05, 0) is 26.8 Å². The normalized spacial score (nSPS) is 11.3. The third kappa shape index (κ3) is 3.68. The van der Waals surface area contributed by atoms with E-state index in [0.717, 1.165) is 18.8 Å². The number of nitrogens with one attached hydrogen (secondary N) is 1. The van der Waals surface area contributed by atoms with E-state index >= 15 is 0 Å². The van der Waals surface area contributed by atoms with Gasteiger partial charge >= 0.3 is 0 Å². The third-order valence-corrected chi connectivity index (χ3v) is 2.32. The molecule has 0 saturated heterocycles. The SMILES string of the molecule is Cn1cnnc1CNCCC(C)(C)C#N. The molecule has 0 fully saturated rings. The highest BCUT2D eigenvalue weighted by atomic mass is 15.3. The van der Waals surface area contributed by atoms with Crippen LogP contribution in [0.4, 0.5) is 0 Å². The van der Waals surface area contributed by atoms with Crippen LogP contribution in [0.2, 0.25) is 0 Å². The maximum atomic E-state index is 8.82. The largest absolute Gasteiger partial charge is 0.320 e. The molecule has 5 heteroatoms. The van der Waals surface area contributed by atoms with Gasteiger partial charge in [0.15, 0.2) is 0 Å². The topological polar surface area (TPSA) is 66.5 Å². The molecule has 0 aliphatic carbocycles. The summed E-state index contributed by atoms with van der Waals surface area (Å²) in [6.07, 6.45) is 2.51. The molecule has 0 saturated carbocycles. The molecule has 0 spiro atoms. The van der Waals surface area contributed by atoms with Gasteiger partial charge in [0.1, 0.15) is 12.2 Å². The van der Waals surface area contributed by atoms with Gasteiger partial charge in [0, 0.05) is 7.05 Å². The molecule has 1 N–H and O–H groups in total. The van der Waals surface area contributed by atoms with Crippen molar-refractivity contribution in [3.05, 3.63) is 12.2 Å². The van der Waals surface area contributed by atoms with Crippen molar-refractivity contribution in [1.82, 2.24) is 20.1 Å². The van der Waals surface area contributed by atoms with E-state index in [2.05, 4.69) is 21.6 Å². The summed E-state index contributed by atoms with van der Waals surface area (Å²) in [7, 11) is 1.91. The predicted octanol–water partition coefficient (Wildman–Crippen LogP) is 0.845. The Morgan fingerprint density at radius 1 is 1.60 bits per heavy atom. The highest BCUT2D eigenvalue weighted by molar-refractivity contribution is 4.92. The molecule has 5 nitrogen and oxygen atoms in total. The zero-order chi connectivity index (χ0) is 11.3. The molecule has 0 atom stereocenters. The van der Waals surface area contributed by atoms with Crippen LogP contribution in [0, 0.1) is 16.7 Å². The number of hydrogen-bond acceptors (Lipinski definition) is 4. The summed E-state index contributed by atoms with van der Waals surface area (Å²) in [5, 5.41) is 19.8. The van der Waals surface area contributed by atoms with E-state index < -0.39 is 0 Å². The van der Waals surface area contributed by atoms with Crippen molar-refractivity contribution in [3.63, 3.8) is 0 Å². The lowest BCUT2D eigenvalue weighted by Crippen LogP contribution is -2.22. The van der Waals surface area contributed by atoms with Crippen molar-refractivity contribution < 1.29 is 0 Å². The van der Waals surface area contributed by atoms with Gasteiger partial charge in [0.25, 0.3) is 0 Å². The van der Waals surface area contributed by atoms with Gasteiger partial charge in [-0.3, -0.25) is 0 Å². The summed E-state index contributed by atoms with van der Waals surface area (Å²) in [4.78, 5) is 0.